The van der Waals surface area contributed by atoms with Crippen LogP contribution in [0.25, 0.3) is 11.5 Å². The molecule has 0 aliphatic heterocycles. The zero-order valence-electron chi connectivity index (χ0n) is 19.0. The Hall–Kier alpha value is -3.62. The molecule has 0 aromatic heterocycles. The SMILES string of the molecule is O=C(/C=C(\O)c1ccccc1Cl)C(=O)NC1CCC(NC(=O)C(=O)/C=C(\O)c2ccccc2Cl)CC1. The Morgan fingerprint density at radius 3 is 1.33 bits per heavy atom. The molecule has 1 aliphatic rings. The molecule has 2 aromatic carbocycles. The van der Waals surface area contributed by atoms with Crippen LogP contribution in [0.15, 0.2) is 60.7 Å². The number of aliphatic hydroxyl groups is 2. The molecule has 3 rings (SSSR count). The summed E-state index contributed by atoms with van der Waals surface area (Å²) in [5, 5.41) is 25.9. The summed E-state index contributed by atoms with van der Waals surface area (Å²) in [5.74, 6) is -4.39. The van der Waals surface area contributed by atoms with Gasteiger partial charge in [0.2, 0.25) is 11.6 Å². The van der Waals surface area contributed by atoms with Crippen molar-refractivity contribution in [2.45, 2.75) is 37.8 Å². The molecule has 0 heterocycles. The number of ketones is 2. The van der Waals surface area contributed by atoms with Crippen LogP contribution in [-0.2, 0) is 19.2 Å². The van der Waals surface area contributed by atoms with Gasteiger partial charge in [-0.25, -0.2) is 0 Å². The number of nitrogens with one attached hydrogen (secondary N) is 2. The third-order valence-corrected chi connectivity index (χ3v) is 6.34. The minimum Gasteiger partial charge on any atom is -0.507 e. The van der Waals surface area contributed by atoms with E-state index in [1.165, 1.54) is 12.1 Å². The van der Waals surface area contributed by atoms with Gasteiger partial charge >= 0.3 is 0 Å². The van der Waals surface area contributed by atoms with Crippen molar-refractivity contribution in [3.63, 3.8) is 0 Å². The van der Waals surface area contributed by atoms with Crippen LogP contribution in [0.5, 0.6) is 0 Å². The van der Waals surface area contributed by atoms with E-state index in [2.05, 4.69) is 10.6 Å². The normalized spacial score (nSPS) is 18.3. The summed E-state index contributed by atoms with van der Waals surface area (Å²) in [6, 6.07) is 12.2. The van der Waals surface area contributed by atoms with Gasteiger partial charge in [0.25, 0.3) is 11.8 Å². The summed E-state index contributed by atoms with van der Waals surface area (Å²) in [7, 11) is 0. The smallest absolute Gasteiger partial charge is 0.292 e. The summed E-state index contributed by atoms with van der Waals surface area (Å²) in [4.78, 5) is 48.9. The van der Waals surface area contributed by atoms with Crippen molar-refractivity contribution in [1.82, 2.24) is 10.6 Å². The summed E-state index contributed by atoms with van der Waals surface area (Å²) in [6.07, 6.45) is 3.52. The fourth-order valence-corrected chi connectivity index (χ4v) is 4.23. The van der Waals surface area contributed by atoms with Gasteiger partial charge in [-0.1, -0.05) is 47.5 Å². The predicted molar refractivity (Wildman–Crippen MR) is 136 cm³/mol. The summed E-state index contributed by atoms with van der Waals surface area (Å²) in [6.45, 7) is 0. The molecule has 8 nitrogen and oxygen atoms in total. The van der Waals surface area contributed by atoms with Crippen LogP contribution in [0.2, 0.25) is 10.0 Å². The molecule has 188 valence electrons. The molecule has 1 aliphatic carbocycles. The van der Waals surface area contributed by atoms with Crippen LogP contribution >= 0.6 is 23.2 Å². The van der Waals surface area contributed by atoms with Gasteiger partial charge in [-0.15, -0.1) is 0 Å². The van der Waals surface area contributed by atoms with Gasteiger partial charge in [0.15, 0.2) is 0 Å². The lowest BCUT2D eigenvalue weighted by Crippen LogP contribution is -2.46. The Morgan fingerprint density at radius 1 is 0.667 bits per heavy atom. The molecule has 36 heavy (non-hydrogen) atoms. The van der Waals surface area contributed by atoms with Crippen LogP contribution in [0, 0.1) is 0 Å². The average Bonchev–Trinajstić information content (AvgIpc) is 2.85. The first-order chi connectivity index (χ1) is 17.2. The average molecular weight is 531 g/mol. The number of hydrogen-bond acceptors (Lipinski definition) is 6. The van der Waals surface area contributed by atoms with Crippen molar-refractivity contribution in [2.75, 3.05) is 0 Å². The maximum absolute atomic E-state index is 12.3. The van der Waals surface area contributed by atoms with E-state index in [9.17, 15) is 29.4 Å². The molecule has 1 saturated carbocycles. The number of benzene rings is 2. The maximum Gasteiger partial charge on any atom is 0.292 e. The quantitative estimate of drug-likeness (QED) is 0.230. The fourth-order valence-electron chi connectivity index (χ4n) is 3.77. The highest BCUT2D eigenvalue weighted by Crippen LogP contribution is 2.23. The largest absolute Gasteiger partial charge is 0.507 e. The van der Waals surface area contributed by atoms with Gasteiger partial charge in [0.05, 0.1) is 10.0 Å². The molecule has 0 bridgehead atoms. The molecule has 10 heteroatoms. The van der Waals surface area contributed by atoms with Crippen LogP contribution in [0.3, 0.4) is 0 Å². The van der Waals surface area contributed by atoms with Crippen LogP contribution in [0.1, 0.15) is 36.8 Å². The molecule has 1 fully saturated rings. The summed E-state index contributed by atoms with van der Waals surface area (Å²) < 4.78 is 0. The number of rotatable bonds is 8. The zero-order chi connectivity index (χ0) is 26.2. The van der Waals surface area contributed by atoms with E-state index in [1.54, 1.807) is 36.4 Å². The molecule has 2 aromatic rings. The first-order valence-corrected chi connectivity index (χ1v) is 11.9. The first-order valence-electron chi connectivity index (χ1n) is 11.2. The van der Waals surface area contributed by atoms with E-state index in [0.717, 1.165) is 12.2 Å². The van der Waals surface area contributed by atoms with E-state index in [-0.39, 0.29) is 33.3 Å². The van der Waals surface area contributed by atoms with Crippen molar-refractivity contribution >= 4 is 58.1 Å². The van der Waals surface area contributed by atoms with Crippen molar-refractivity contribution in [3.05, 3.63) is 81.9 Å². The van der Waals surface area contributed by atoms with E-state index < -0.39 is 34.9 Å². The van der Waals surface area contributed by atoms with Gasteiger partial charge in [-0.3, -0.25) is 19.2 Å². The third kappa shape index (κ3) is 7.19. The van der Waals surface area contributed by atoms with Gasteiger partial charge in [0, 0.05) is 35.4 Å². The summed E-state index contributed by atoms with van der Waals surface area (Å²) >= 11 is 12.0. The number of carbonyl (C=O) groups excluding carboxylic acids is 4. The van der Waals surface area contributed by atoms with E-state index in [4.69, 9.17) is 23.2 Å². The molecule has 0 unspecified atom stereocenters. The molecule has 0 spiro atoms. The second-order valence-electron chi connectivity index (χ2n) is 8.24. The number of aliphatic hydroxyl groups excluding tert-OH is 2. The molecule has 0 atom stereocenters. The van der Waals surface area contributed by atoms with Crippen LogP contribution < -0.4 is 10.6 Å². The highest BCUT2D eigenvalue weighted by Gasteiger charge is 2.26. The Morgan fingerprint density at radius 2 is 1.00 bits per heavy atom. The fraction of sp³-hybridized carbons (Fsp3) is 0.231. The molecule has 2 amide bonds. The molecular formula is C26H24Cl2N2O6. The third-order valence-electron chi connectivity index (χ3n) is 5.68. The lowest BCUT2D eigenvalue weighted by atomic mass is 9.91. The molecule has 0 radical (unpaired) electrons. The van der Waals surface area contributed by atoms with Gasteiger partial charge in [-0.05, 0) is 49.9 Å². The minimum atomic E-state index is -0.918. The topological polar surface area (TPSA) is 133 Å². The van der Waals surface area contributed by atoms with E-state index in [1.807, 2.05) is 0 Å². The monoisotopic (exact) mass is 530 g/mol. The molecule has 0 saturated heterocycles. The van der Waals surface area contributed by atoms with Crippen molar-refractivity contribution in [2.24, 2.45) is 0 Å². The Labute approximate surface area is 217 Å². The van der Waals surface area contributed by atoms with Crippen molar-refractivity contribution in [3.8, 4) is 0 Å². The van der Waals surface area contributed by atoms with Crippen molar-refractivity contribution in [1.29, 1.82) is 0 Å². The first kappa shape index (κ1) is 27.0. The number of carbonyl (C=O) groups is 4. The highest BCUT2D eigenvalue weighted by atomic mass is 35.5. The van der Waals surface area contributed by atoms with E-state index in [0.29, 0.717) is 25.7 Å². The molecular weight excluding hydrogens is 507 g/mol. The second kappa shape index (κ2) is 12.4. The van der Waals surface area contributed by atoms with Crippen LogP contribution in [0.4, 0.5) is 0 Å². The zero-order valence-corrected chi connectivity index (χ0v) is 20.6. The lowest BCUT2D eigenvalue weighted by molar-refractivity contribution is -0.136. The number of halogens is 2. The Bertz CT molecular complexity index is 1140. The number of hydrogen-bond donors (Lipinski definition) is 4. The van der Waals surface area contributed by atoms with Crippen LogP contribution in [-0.4, -0.2) is 45.7 Å². The van der Waals surface area contributed by atoms with Crippen molar-refractivity contribution < 1.29 is 29.4 Å². The predicted octanol–water partition coefficient (Wildman–Crippen LogP) is 4.17. The second-order valence-corrected chi connectivity index (χ2v) is 9.06. The standard InChI is InChI=1S/C26H24Cl2N2O6/c27-19-7-3-1-5-17(19)21(31)13-23(33)25(35)29-15-9-11-16(12-10-15)30-26(36)24(34)14-22(32)18-6-2-4-8-20(18)28/h1-8,13-16,31-32H,9-12H2,(H,29,35)(H,30,36)/b21-13-,22-14-. The van der Waals surface area contributed by atoms with Gasteiger partial charge in [0.1, 0.15) is 11.5 Å². The number of amides is 2. The van der Waals surface area contributed by atoms with Gasteiger partial charge in [-0.2, -0.15) is 0 Å². The Balaban J connectivity index is 1.47. The Kier molecular flexibility index (Phi) is 9.27. The molecule has 4 N–H and O–H groups in total. The van der Waals surface area contributed by atoms with E-state index >= 15 is 0 Å². The lowest BCUT2D eigenvalue weighted by Gasteiger charge is -2.29. The summed E-state index contributed by atoms with van der Waals surface area (Å²) in [5.41, 5.74) is 0.474. The minimum absolute atomic E-state index is 0.237. The maximum atomic E-state index is 12.3. The van der Waals surface area contributed by atoms with Gasteiger partial charge < -0.3 is 20.8 Å². The highest BCUT2D eigenvalue weighted by molar-refractivity contribution is 6.42.